The zero-order chi connectivity index (χ0) is 14.8. The summed E-state index contributed by atoms with van der Waals surface area (Å²) in [5, 5.41) is 9.11. The molecular formula is C13H8F3NO2S. The monoisotopic (exact) mass is 299 g/mol. The smallest absolute Gasteiger partial charge is 0.433 e. The summed E-state index contributed by atoms with van der Waals surface area (Å²) in [5.74, 6) is -1.14. The van der Waals surface area contributed by atoms with Crippen LogP contribution in [-0.2, 0) is 6.18 Å². The fraction of sp³-hybridized carbons (Fsp3) is 0.0769. The van der Waals surface area contributed by atoms with Crippen LogP contribution < -0.4 is 0 Å². The van der Waals surface area contributed by atoms with Gasteiger partial charge in [0.1, 0.15) is 10.7 Å². The molecule has 0 aliphatic heterocycles. The van der Waals surface area contributed by atoms with Crippen LogP contribution in [0.25, 0.3) is 0 Å². The number of benzene rings is 1. The maximum atomic E-state index is 12.5. The zero-order valence-electron chi connectivity index (χ0n) is 9.89. The van der Waals surface area contributed by atoms with Gasteiger partial charge in [-0.2, -0.15) is 13.2 Å². The van der Waals surface area contributed by atoms with Gasteiger partial charge < -0.3 is 5.11 Å². The summed E-state index contributed by atoms with van der Waals surface area (Å²) in [6.45, 7) is 0. The molecule has 0 bridgehead atoms. The number of carboxylic acids is 1. The molecule has 1 heterocycles. The number of pyridine rings is 1. The van der Waals surface area contributed by atoms with Gasteiger partial charge in [0.15, 0.2) is 0 Å². The van der Waals surface area contributed by atoms with E-state index in [1.165, 1.54) is 24.3 Å². The van der Waals surface area contributed by atoms with Crippen molar-refractivity contribution in [2.24, 2.45) is 0 Å². The van der Waals surface area contributed by atoms with Crippen molar-refractivity contribution in [1.29, 1.82) is 0 Å². The Labute approximate surface area is 116 Å². The second kappa shape index (κ2) is 5.54. The molecule has 0 fully saturated rings. The first kappa shape index (κ1) is 14.4. The molecular weight excluding hydrogens is 291 g/mol. The number of hydrogen-bond donors (Lipinski definition) is 1. The van der Waals surface area contributed by atoms with Crippen LogP contribution in [0.2, 0.25) is 0 Å². The van der Waals surface area contributed by atoms with Gasteiger partial charge in [0.2, 0.25) is 0 Å². The van der Waals surface area contributed by atoms with Gasteiger partial charge >= 0.3 is 12.1 Å². The van der Waals surface area contributed by atoms with Crippen LogP contribution in [0, 0.1) is 0 Å². The van der Waals surface area contributed by atoms with Gasteiger partial charge in [-0.25, -0.2) is 9.78 Å². The number of alkyl halides is 3. The van der Waals surface area contributed by atoms with Crippen LogP contribution in [-0.4, -0.2) is 16.1 Å². The van der Waals surface area contributed by atoms with Gasteiger partial charge in [-0.15, -0.1) is 0 Å². The number of rotatable bonds is 3. The number of halogens is 3. The molecule has 1 N–H and O–H groups in total. The first-order chi connectivity index (χ1) is 9.38. The normalized spacial score (nSPS) is 11.3. The third-order valence-corrected chi connectivity index (χ3v) is 3.36. The molecule has 0 aliphatic carbocycles. The van der Waals surface area contributed by atoms with E-state index in [1.54, 1.807) is 12.1 Å². The molecule has 0 aliphatic rings. The van der Waals surface area contributed by atoms with Gasteiger partial charge in [-0.1, -0.05) is 30.0 Å². The van der Waals surface area contributed by atoms with Crippen molar-refractivity contribution in [3.05, 3.63) is 53.7 Å². The minimum Gasteiger partial charge on any atom is -0.478 e. The predicted octanol–water partition coefficient (Wildman–Crippen LogP) is 3.95. The Hall–Kier alpha value is -2.02. The van der Waals surface area contributed by atoms with Crippen LogP contribution in [0.15, 0.2) is 52.4 Å². The SMILES string of the molecule is O=C(O)c1ccccc1Sc1cccc(C(F)(F)F)n1. The predicted molar refractivity (Wildman–Crippen MR) is 66.8 cm³/mol. The number of aromatic nitrogens is 1. The summed E-state index contributed by atoms with van der Waals surface area (Å²) in [4.78, 5) is 14.8. The molecule has 3 nitrogen and oxygen atoms in total. The molecule has 0 unspecified atom stereocenters. The van der Waals surface area contributed by atoms with Gasteiger partial charge in [-0.3, -0.25) is 0 Å². The van der Waals surface area contributed by atoms with Crippen molar-refractivity contribution in [3.8, 4) is 0 Å². The number of carboxylic acid groups (broad SMARTS) is 1. The summed E-state index contributed by atoms with van der Waals surface area (Å²) in [6, 6.07) is 9.58. The lowest BCUT2D eigenvalue weighted by molar-refractivity contribution is -0.141. The average Bonchev–Trinajstić information content (AvgIpc) is 2.38. The molecule has 0 atom stereocenters. The lowest BCUT2D eigenvalue weighted by atomic mass is 10.2. The van der Waals surface area contributed by atoms with Crippen LogP contribution in [0.5, 0.6) is 0 Å². The summed E-state index contributed by atoms with van der Waals surface area (Å²) >= 11 is 0.881. The van der Waals surface area contributed by atoms with Crippen LogP contribution in [0.4, 0.5) is 13.2 Å². The summed E-state index contributed by atoms with van der Waals surface area (Å²) < 4.78 is 37.6. The van der Waals surface area contributed by atoms with Gasteiger partial charge in [0.25, 0.3) is 0 Å². The molecule has 0 spiro atoms. The van der Waals surface area contributed by atoms with Crippen LogP contribution in [0.1, 0.15) is 16.1 Å². The molecule has 0 saturated carbocycles. The van der Waals surface area contributed by atoms with E-state index in [0.29, 0.717) is 4.90 Å². The minimum atomic E-state index is -4.52. The molecule has 7 heteroatoms. The van der Waals surface area contributed by atoms with Crippen molar-refractivity contribution in [1.82, 2.24) is 4.98 Å². The standard InChI is InChI=1S/C13H8F3NO2S/c14-13(15,16)10-6-3-7-11(17-10)20-9-5-2-1-4-8(9)12(18)19/h1-7H,(H,18,19). The van der Waals surface area contributed by atoms with Crippen molar-refractivity contribution in [2.75, 3.05) is 0 Å². The van der Waals surface area contributed by atoms with Gasteiger partial charge in [-0.05, 0) is 24.3 Å². The Morgan fingerprint density at radius 3 is 2.45 bits per heavy atom. The van der Waals surface area contributed by atoms with Crippen molar-refractivity contribution < 1.29 is 23.1 Å². The Morgan fingerprint density at radius 2 is 1.80 bits per heavy atom. The van der Waals surface area contributed by atoms with E-state index in [2.05, 4.69) is 4.98 Å². The molecule has 0 amide bonds. The highest BCUT2D eigenvalue weighted by molar-refractivity contribution is 7.99. The molecule has 20 heavy (non-hydrogen) atoms. The van der Waals surface area contributed by atoms with Crippen molar-refractivity contribution >= 4 is 17.7 Å². The number of carbonyl (C=O) groups is 1. The second-order valence-corrected chi connectivity index (χ2v) is 4.82. The maximum absolute atomic E-state index is 12.5. The Morgan fingerprint density at radius 1 is 1.10 bits per heavy atom. The Bertz CT molecular complexity index is 644. The topological polar surface area (TPSA) is 50.2 Å². The molecule has 0 saturated heterocycles. The van der Waals surface area contributed by atoms with Crippen LogP contribution >= 0.6 is 11.8 Å². The van der Waals surface area contributed by atoms with E-state index in [-0.39, 0.29) is 10.6 Å². The van der Waals surface area contributed by atoms with Gasteiger partial charge in [0.05, 0.1) is 5.56 Å². The first-order valence-electron chi connectivity index (χ1n) is 5.42. The maximum Gasteiger partial charge on any atom is 0.433 e. The summed E-state index contributed by atoms with van der Waals surface area (Å²) in [7, 11) is 0. The zero-order valence-corrected chi connectivity index (χ0v) is 10.7. The van der Waals surface area contributed by atoms with Crippen molar-refractivity contribution in [2.45, 2.75) is 16.1 Å². The third-order valence-electron chi connectivity index (χ3n) is 2.35. The second-order valence-electron chi connectivity index (χ2n) is 3.76. The van der Waals surface area contributed by atoms with E-state index in [1.807, 2.05) is 0 Å². The van der Waals surface area contributed by atoms with E-state index >= 15 is 0 Å². The molecule has 0 radical (unpaired) electrons. The molecule has 1 aromatic heterocycles. The Kier molecular flexibility index (Phi) is 3.99. The lowest BCUT2D eigenvalue weighted by Crippen LogP contribution is -2.07. The molecule has 1 aromatic carbocycles. The quantitative estimate of drug-likeness (QED) is 0.932. The first-order valence-corrected chi connectivity index (χ1v) is 6.24. The summed E-state index contributed by atoms with van der Waals surface area (Å²) in [6.07, 6.45) is -4.52. The minimum absolute atomic E-state index is 0.0247. The van der Waals surface area contributed by atoms with Gasteiger partial charge in [0, 0.05) is 4.90 Å². The number of hydrogen-bond acceptors (Lipinski definition) is 3. The van der Waals surface area contributed by atoms with E-state index < -0.39 is 17.8 Å². The molecule has 104 valence electrons. The van der Waals surface area contributed by atoms with Crippen LogP contribution in [0.3, 0.4) is 0 Å². The average molecular weight is 299 g/mol. The van der Waals surface area contributed by atoms with E-state index in [9.17, 15) is 18.0 Å². The molecule has 2 aromatic rings. The number of aromatic carboxylic acids is 1. The van der Waals surface area contributed by atoms with E-state index in [0.717, 1.165) is 17.8 Å². The van der Waals surface area contributed by atoms with Crippen molar-refractivity contribution in [3.63, 3.8) is 0 Å². The largest absolute Gasteiger partial charge is 0.478 e. The highest BCUT2D eigenvalue weighted by atomic mass is 32.2. The Balaban J connectivity index is 2.34. The lowest BCUT2D eigenvalue weighted by Gasteiger charge is -2.08. The van der Waals surface area contributed by atoms with E-state index in [4.69, 9.17) is 5.11 Å². The summed E-state index contributed by atoms with van der Waals surface area (Å²) in [5.41, 5.74) is -0.980. The molecule has 2 rings (SSSR count). The highest BCUT2D eigenvalue weighted by Crippen LogP contribution is 2.32. The third kappa shape index (κ3) is 3.30. The fourth-order valence-electron chi connectivity index (χ4n) is 1.47. The fourth-order valence-corrected chi connectivity index (χ4v) is 2.40. The number of nitrogens with zero attached hydrogens (tertiary/aromatic N) is 1. The highest BCUT2D eigenvalue weighted by Gasteiger charge is 2.32.